The van der Waals surface area contributed by atoms with Gasteiger partial charge in [0, 0.05) is 25.4 Å². The first kappa shape index (κ1) is 15.8. The van der Waals surface area contributed by atoms with Crippen LogP contribution in [0.5, 0.6) is 0 Å². The highest BCUT2D eigenvalue weighted by atomic mass is 32.2. The lowest BCUT2D eigenvalue weighted by Gasteiger charge is -2.41. The first-order chi connectivity index (χ1) is 8.46. The number of carbonyl (C=O) groups excluding carboxylic acids is 1. The van der Waals surface area contributed by atoms with Crippen molar-refractivity contribution < 1.29 is 4.79 Å². The van der Waals surface area contributed by atoms with Crippen LogP contribution in [-0.4, -0.2) is 42.4 Å². The van der Waals surface area contributed by atoms with Crippen LogP contribution in [0.15, 0.2) is 0 Å². The highest BCUT2D eigenvalue weighted by Crippen LogP contribution is 2.39. The third-order valence-electron chi connectivity index (χ3n) is 4.47. The van der Waals surface area contributed by atoms with Gasteiger partial charge in [-0.25, -0.2) is 0 Å². The van der Waals surface area contributed by atoms with E-state index in [0.29, 0.717) is 6.54 Å². The van der Waals surface area contributed by atoms with E-state index in [2.05, 4.69) is 20.1 Å². The molecular formula is C14H28N2OS. The lowest BCUT2D eigenvalue weighted by Crippen LogP contribution is -2.51. The molecule has 0 heterocycles. The van der Waals surface area contributed by atoms with Crippen molar-refractivity contribution in [1.82, 2.24) is 4.90 Å². The van der Waals surface area contributed by atoms with Gasteiger partial charge in [-0.2, -0.15) is 11.8 Å². The SMILES string of the molecule is CSCC(C)N(C)C(=O)C1(CN)CCC(C)CC1. The fourth-order valence-electron chi connectivity index (χ4n) is 2.75. The molecule has 1 atom stereocenters. The first-order valence-corrected chi connectivity index (χ1v) is 8.32. The van der Waals surface area contributed by atoms with Crippen LogP contribution in [0.1, 0.15) is 39.5 Å². The lowest BCUT2D eigenvalue weighted by molar-refractivity contribution is -0.144. The van der Waals surface area contributed by atoms with E-state index < -0.39 is 0 Å². The van der Waals surface area contributed by atoms with Crippen molar-refractivity contribution in [3.63, 3.8) is 0 Å². The van der Waals surface area contributed by atoms with Gasteiger partial charge in [0.15, 0.2) is 0 Å². The summed E-state index contributed by atoms with van der Waals surface area (Å²) in [5.74, 6) is 1.99. The Morgan fingerprint density at radius 1 is 1.50 bits per heavy atom. The van der Waals surface area contributed by atoms with Gasteiger partial charge in [-0.05, 0) is 44.8 Å². The molecule has 18 heavy (non-hydrogen) atoms. The third-order valence-corrected chi connectivity index (χ3v) is 5.28. The van der Waals surface area contributed by atoms with Gasteiger partial charge < -0.3 is 10.6 Å². The highest BCUT2D eigenvalue weighted by molar-refractivity contribution is 7.98. The smallest absolute Gasteiger partial charge is 0.230 e. The van der Waals surface area contributed by atoms with Crippen molar-refractivity contribution >= 4 is 17.7 Å². The summed E-state index contributed by atoms with van der Waals surface area (Å²) in [4.78, 5) is 14.6. The van der Waals surface area contributed by atoms with Crippen molar-refractivity contribution in [1.29, 1.82) is 0 Å². The molecule has 1 aliphatic carbocycles. The van der Waals surface area contributed by atoms with E-state index in [-0.39, 0.29) is 17.4 Å². The minimum absolute atomic E-state index is 0.262. The highest BCUT2D eigenvalue weighted by Gasteiger charge is 2.42. The summed E-state index contributed by atoms with van der Waals surface area (Å²) in [6.07, 6.45) is 6.26. The number of nitrogens with zero attached hydrogens (tertiary/aromatic N) is 1. The van der Waals surface area contributed by atoms with Crippen LogP contribution < -0.4 is 5.73 Å². The fourth-order valence-corrected chi connectivity index (χ4v) is 3.45. The van der Waals surface area contributed by atoms with E-state index >= 15 is 0 Å². The Hall–Kier alpha value is -0.220. The normalized spacial score (nSPS) is 29.9. The molecule has 3 nitrogen and oxygen atoms in total. The van der Waals surface area contributed by atoms with Crippen molar-refractivity contribution in [2.24, 2.45) is 17.1 Å². The molecule has 1 fully saturated rings. The summed E-state index contributed by atoms with van der Waals surface area (Å²) in [6.45, 7) is 4.88. The van der Waals surface area contributed by atoms with Gasteiger partial charge in [-0.15, -0.1) is 0 Å². The quantitative estimate of drug-likeness (QED) is 0.835. The van der Waals surface area contributed by atoms with Crippen molar-refractivity contribution in [2.45, 2.75) is 45.6 Å². The molecule has 1 aliphatic rings. The Balaban J connectivity index is 2.72. The molecule has 1 saturated carbocycles. The van der Waals surface area contributed by atoms with Crippen molar-refractivity contribution in [2.75, 3.05) is 25.6 Å². The molecule has 0 aromatic rings. The van der Waals surface area contributed by atoms with Gasteiger partial charge in [-0.1, -0.05) is 6.92 Å². The molecular weight excluding hydrogens is 244 g/mol. The molecule has 0 spiro atoms. The Morgan fingerprint density at radius 3 is 2.50 bits per heavy atom. The van der Waals surface area contributed by atoms with Gasteiger partial charge in [0.1, 0.15) is 0 Å². The van der Waals surface area contributed by atoms with Crippen LogP contribution in [0.2, 0.25) is 0 Å². The second-order valence-corrected chi connectivity index (χ2v) is 6.80. The number of hydrogen-bond donors (Lipinski definition) is 1. The van der Waals surface area contributed by atoms with E-state index in [1.807, 2.05) is 11.9 Å². The van der Waals surface area contributed by atoms with Gasteiger partial charge in [0.25, 0.3) is 0 Å². The average molecular weight is 272 g/mol. The summed E-state index contributed by atoms with van der Waals surface area (Å²) in [5, 5.41) is 0. The zero-order valence-corrected chi connectivity index (χ0v) is 13.1. The zero-order chi connectivity index (χ0) is 13.8. The lowest BCUT2D eigenvalue weighted by atomic mass is 9.70. The van der Waals surface area contributed by atoms with E-state index in [1.54, 1.807) is 11.8 Å². The van der Waals surface area contributed by atoms with Crippen LogP contribution in [0.4, 0.5) is 0 Å². The Bertz CT molecular complexity index is 275. The minimum atomic E-state index is -0.284. The standard InChI is InChI=1S/C14H28N2OS/c1-11-5-7-14(10-15,8-6-11)13(17)16(3)12(2)9-18-4/h11-12H,5-10,15H2,1-4H3. The Morgan fingerprint density at radius 2 is 2.06 bits per heavy atom. The molecule has 106 valence electrons. The number of hydrogen-bond acceptors (Lipinski definition) is 3. The molecule has 4 heteroatoms. The molecule has 1 unspecified atom stereocenters. The van der Waals surface area contributed by atoms with E-state index in [9.17, 15) is 4.79 Å². The zero-order valence-electron chi connectivity index (χ0n) is 12.2. The summed E-state index contributed by atoms with van der Waals surface area (Å²) in [7, 11) is 1.93. The molecule has 2 N–H and O–H groups in total. The molecule has 0 aromatic carbocycles. The maximum Gasteiger partial charge on any atom is 0.230 e. The first-order valence-electron chi connectivity index (χ1n) is 6.93. The summed E-state index contributed by atoms with van der Waals surface area (Å²) in [5.41, 5.74) is 5.66. The van der Waals surface area contributed by atoms with Crippen LogP contribution >= 0.6 is 11.8 Å². The van der Waals surface area contributed by atoms with Gasteiger partial charge in [0.05, 0.1) is 5.41 Å². The van der Waals surface area contributed by atoms with Crippen molar-refractivity contribution in [3.8, 4) is 0 Å². The summed E-state index contributed by atoms with van der Waals surface area (Å²) < 4.78 is 0. The average Bonchev–Trinajstić information content (AvgIpc) is 2.38. The number of amides is 1. The Labute approximate surface area is 116 Å². The van der Waals surface area contributed by atoms with Crippen LogP contribution in [-0.2, 0) is 4.79 Å². The summed E-state index contributed by atoms with van der Waals surface area (Å²) >= 11 is 1.78. The molecule has 0 aliphatic heterocycles. The second kappa shape index (κ2) is 6.80. The largest absolute Gasteiger partial charge is 0.342 e. The number of nitrogens with two attached hydrogens (primary N) is 1. The Kier molecular flexibility index (Phi) is 5.99. The van der Waals surface area contributed by atoms with Gasteiger partial charge in [0.2, 0.25) is 5.91 Å². The van der Waals surface area contributed by atoms with Gasteiger partial charge >= 0.3 is 0 Å². The van der Waals surface area contributed by atoms with E-state index in [4.69, 9.17) is 5.73 Å². The summed E-state index contributed by atoms with van der Waals surface area (Å²) in [6, 6.07) is 0.287. The van der Waals surface area contributed by atoms with Crippen LogP contribution in [0.25, 0.3) is 0 Å². The molecule has 0 bridgehead atoms. The maximum atomic E-state index is 12.7. The molecule has 0 aromatic heterocycles. The van der Waals surface area contributed by atoms with Crippen molar-refractivity contribution in [3.05, 3.63) is 0 Å². The van der Waals surface area contributed by atoms with Gasteiger partial charge in [-0.3, -0.25) is 4.79 Å². The predicted molar refractivity (Wildman–Crippen MR) is 79.7 cm³/mol. The van der Waals surface area contributed by atoms with E-state index in [0.717, 1.165) is 37.4 Å². The third kappa shape index (κ3) is 3.41. The molecule has 0 saturated heterocycles. The monoisotopic (exact) mass is 272 g/mol. The minimum Gasteiger partial charge on any atom is -0.342 e. The maximum absolute atomic E-state index is 12.7. The molecule has 1 rings (SSSR count). The second-order valence-electron chi connectivity index (χ2n) is 5.89. The number of carbonyl (C=O) groups is 1. The molecule has 0 radical (unpaired) electrons. The number of thioether (sulfide) groups is 1. The van der Waals surface area contributed by atoms with Crippen LogP contribution in [0.3, 0.4) is 0 Å². The topological polar surface area (TPSA) is 46.3 Å². The fraction of sp³-hybridized carbons (Fsp3) is 0.929. The van der Waals surface area contributed by atoms with Crippen LogP contribution in [0, 0.1) is 11.3 Å². The number of rotatable bonds is 5. The predicted octanol–water partition coefficient (Wildman–Crippen LogP) is 2.35. The molecule has 1 amide bonds. The van der Waals surface area contributed by atoms with E-state index in [1.165, 1.54) is 0 Å².